The Hall–Kier alpha value is -2.51. The third-order valence-corrected chi connectivity index (χ3v) is 2.70. The topological polar surface area (TPSA) is 59.0 Å². The second kappa shape index (κ2) is 6.08. The Balaban J connectivity index is 2.16. The Labute approximate surface area is 125 Å². The van der Waals surface area contributed by atoms with Crippen LogP contribution in [0.2, 0.25) is 0 Å². The molecule has 2 amide bonds. The zero-order chi connectivity index (χ0) is 16.3. The zero-order valence-electron chi connectivity index (χ0n) is 12.0. The van der Waals surface area contributed by atoms with Gasteiger partial charge in [0.25, 0.3) is 0 Å². The van der Waals surface area contributed by atoms with E-state index in [0.717, 1.165) is 12.1 Å². The lowest BCUT2D eigenvalue weighted by Crippen LogP contribution is -2.34. The van der Waals surface area contributed by atoms with Crippen molar-refractivity contribution < 1.29 is 18.0 Å². The zero-order valence-corrected chi connectivity index (χ0v) is 12.0. The van der Waals surface area contributed by atoms with Crippen LogP contribution in [0.15, 0.2) is 36.7 Å². The molecule has 0 aliphatic rings. The van der Waals surface area contributed by atoms with Crippen LogP contribution >= 0.6 is 0 Å². The molecule has 22 heavy (non-hydrogen) atoms. The van der Waals surface area contributed by atoms with Gasteiger partial charge in [0.05, 0.1) is 29.3 Å². The van der Waals surface area contributed by atoms with E-state index in [9.17, 15) is 18.0 Å². The first-order chi connectivity index (χ1) is 10.3. The van der Waals surface area contributed by atoms with Gasteiger partial charge in [-0.05, 0) is 32.0 Å². The number of halogens is 3. The minimum atomic E-state index is -4.42. The van der Waals surface area contributed by atoms with Crippen molar-refractivity contribution in [1.29, 1.82) is 0 Å². The highest BCUT2D eigenvalue weighted by molar-refractivity contribution is 5.89. The van der Waals surface area contributed by atoms with Gasteiger partial charge in [-0.25, -0.2) is 9.48 Å². The summed E-state index contributed by atoms with van der Waals surface area (Å²) < 4.78 is 39.3. The molecule has 1 heterocycles. The molecule has 8 heteroatoms. The first-order valence-corrected chi connectivity index (χ1v) is 6.55. The van der Waals surface area contributed by atoms with E-state index in [-0.39, 0.29) is 11.7 Å². The maximum absolute atomic E-state index is 12.7. The SMILES string of the molecule is CC(C)NC(=O)Nc1cnn(-c2cccc(C(F)(F)F)c2)c1. The van der Waals surface area contributed by atoms with Gasteiger partial charge in [-0.2, -0.15) is 18.3 Å². The summed E-state index contributed by atoms with van der Waals surface area (Å²) in [7, 11) is 0. The average Bonchev–Trinajstić information content (AvgIpc) is 2.85. The fourth-order valence-corrected chi connectivity index (χ4v) is 1.78. The molecule has 0 saturated heterocycles. The lowest BCUT2D eigenvalue weighted by molar-refractivity contribution is -0.137. The predicted molar refractivity (Wildman–Crippen MR) is 75.9 cm³/mol. The summed E-state index contributed by atoms with van der Waals surface area (Å²) in [4.78, 5) is 11.5. The largest absolute Gasteiger partial charge is 0.416 e. The summed E-state index contributed by atoms with van der Waals surface area (Å²) in [6.07, 6.45) is -1.61. The summed E-state index contributed by atoms with van der Waals surface area (Å²) >= 11 is 0. The molecule has 118 valence electrons. The Kier molecular flexibility index (Phi) is 4.39. The quantitative estimate of drug-likeness (QED) is 0.912. The van der Waals surface area contributed by atoms with Crippen LogP contribution in [0.4, 0.5) is 23.7 Å². The van der Waals surface area contributed by atoms with Gasteiger partial charge in [0, 0.05) is 6.04 Å². The fraction of sp³-hybridized carbons (Fsp3) is 0.286. The number of anilines is 1. The van der Waals surface area contributed by atoms with Gasteiger partial charge in [0.2, 0.25) is 0 Å². The highest BCUT2D eigenvalue weighted by Crippen LogP contribution is 2.30. The number of rotatable bonds is 3. The maximum atomic E-state index is 12.7. The average molecular weight is 312 g/mol. The molecule has 2 aromatic rings. The first-order valence-electron chi connectivity index (χ1n) is 6.55. The molecule has 0 aliphatic carbocycles. The molecule has 0 spiro atoms. The first kappa shape index (κ1) is 15.9. The van der Waals surface area contributed by atoms with Crippen LogP contribution in [-0.4, -0.2) is 21.9 Å². The van der Waals surface area contributed by atoms with Crippen LogP contribution < -0.4 is 10.6 Å². The number of benzene rings is 1. The summed E-state index contributed by atoms with van der Waals surface area (Å²) in [6.45, 7) is 3.62. The molecule has 0 saturated carbocycles. The molecule has 1 aromatic heterocycles. The molecule has 5 nitrogen and oxygen atoms in total. The van der Waals surface area contributed by atoms with Gasteiger partial charge in [0.15, 0.2) is 0 Å². The molecule has 0 bridgehead atoms. The van der Waals surface area contributed by atoms with Crippen LogP contribution in [0.1, 0.15) is 19.4 Å². The number of urea groups is 1. The van der Waals surface area contributed by atoms with E-state index in [0.29, 0.717) is 5.69 Å². The normalized spacial score (nSPS) is 11.5. The van der Waals surface area contributed by atoms with Crippen LogP contribution in [0.25, 0.3) is 5.69 Å². The summed E-state index contributed by atoms with van der Waals surface area (Å²) in [5.41, 5.74) is -0.115. The van der Waals surface area contributed by atoms with Crippen LogP contribution in [0, 0.1) is 0 Å². The molecular weight excluding hydrogens is 297 g/mol. The van der Waals surface area contributed by atoms with Crippen LogP contribution in [0.5, 0.6) is 0 Å². The van der Waals surface area contributed by atoms with E-state index >= 15 is 0 Å². The maximum Gasteiger partial charge on any atom is 0.416 e. The smallest absolute Gasteiger partial charge is 0.336 e. The second-order valence-corrected chi connectivity index (χ2v) is 4.97. The Bertz CT molecular complexity index is 664. The summed E-state index contributed by atoms with van der Waals surface area (Å²) in [6, 6.07) is 4.35. The van der Waals surface area contributed by atoms with Gasteiger partial charge >= 0.3 is 12.2 Å². The van der Waals surface area contributed by atoms with Crippen LogP contribution in [-0.2, 0) is 6.18 Å². The van der Waals surface area contributed by atoms with Crippen molar-refractivity contribution >= 4 is 11.7 Å². The Morgan fingerprint density at radius 3 is 2.68 bits per heavy atom. The lowest BCUT2D eigenvalue weighted by Gasteiger charge is -2.09. The molecule has 1 aromatic carbocycles. The van der Waals surface area contributed by atoms with E-state index in [1.54, 1.807) is 0 Å². The van der Waals surface area contributed by atoms with Gasteiger partial charge in [-0.3, -0.25) is 0 Å². The molecule has 0 unspecified atom stereocenters. The number of hydrogen-bond acceptors (Lipinski definition) is 2. The molecule has 0 fully saturated rings. The molecule has 0 atom stereocenters. The van der Waals surface area contributed by atoms with Crippen molar-refractivity contribution in [3.63, 3.8) is 0 Å². The number of carbonyl (C=O) groups is 1. The molecule has 0 aliphatic heterocycles. The van der Waals surface area contributed by atoms with Crippen molar-refractivity contribution in [2.24, 2.45) is 0 Å². The number of nitrogens with zero attached hydrogens (tertiary/aromatic N) is 2. The van der Waals surface area contributed by atoms with E-state index in [1.807, 2.05) is 13.8 Å². The van der Waals surface area contributed by atoms with E-state index in [2.05, 4.69) is 15.7 Å². The molecule has 2 rings (SSSR count). The van der Waals surface area contributed by atoms with Crippen LogP contribution in [0.3, 0.4) is 0 Å². The third-order valence-electron chi connectivity index (χ3n) is 2.70. The number of amides is 2. The second-order valence-electron chi connectivity index (χ2n) is 4.97. The van der Waals surface area contributed by atoms with Crippen molar-refractivity contribution in [3.05, 3.63) is 42.2 Å². The summed E-state index contributed by atoms with van der Waals surface area (Å²) in [5.74, 6) is 0. The van der Waals surface area contributed by atoms with Crippen molar-refractivity contribution in [1.82, 2.24) is 15.1 Å². The molecular formula is C14H15F3N4O. The number of alkyl halides is 3. The van der Waals surface area contributed by atoms with Gasteiger partial charge < -0.3 is 10.6 Å². The molecule has 2 N–H and O–H groups in total. The van der Waals surface area contributed by atoms with Gasteiger partial charge in [-0.1, -0.05) is 6.07 Å². The fourth-order valence-electron chi connectivity index (χ4n) is 1.78. The van der Waals surface area contributed by atoms with Gasteiger partial charge in [0.1, 0.15) is 0 Å². The lowest BCUT2D eigenvalue weighted by atomic mass is 10.2. The Morgan fingerprint density at radius 1 is 1.32 bits per heavy atom. The molecule has 0 radical (unpaired) electrons. The van der Waals surface area contributed by atoms with Crippen molar-refractivity contribution in [3.8, 4) is 5.69 Å². The van der Waals surface area contributed by atoms with E-state index in [1.165, 1.54) is 29.2 Å². The van der Waals surface area contributed by atoms with E-state index < -0.39 is 17.8 Å². The number of nitrogens with one attached hydrogen (secondary N) is 2. The van der Waals surface area contributed by atoms with E-state index in [4.69, 9.17) is 0 Å². The highest BCUT2D eigenvalue weighted by atomic mass is 19.4. The monoisotopic (exact) mass is 312 g/mol. The standard InChI is InChI=1S/C14H15F3N4O/c1-9(2)19-13(22)20-11-7-18-21(8-11)12-5-3-4-10(6-12)14(15,16)17/h3-9H,1-2H3,(H2,19,20,22). The minimum absolute atomic E-state index is 0.0292. The minimum Gasteiger partial charge on any atom is -0.336 e. The summed E-state index contributed by atoms with van der Waals surface area (Å²) in [5, 5.41) is 9.13. The number of carbonyl (C=O) groups excluding carboxylic acids is 1. The van der Waals surface area contributed by atoms with Crippen molar-refractivity contribution in [2.75, 3.05) is 5.32 Å². The highest BCUT2D eigenvalue weighted by Gasteiger charge is 2.30. The number of aromatic nitrogens is 2. The Morgan fingerprint density at radius 2 is 2.05 bits per heavy atom. The predicted octanol–water partition coefficient (Wildman–Crippen LogP) is 3.42. The van der Waals surface area contributed by atoms with Gasteiger partial charge in [-0.15, -0.1) is 0 Å². The van der Waals surface area contributed by atoms with Crippen molar-refractivity contribution in [2.45, 2.75) is 26.1 Å². The number of hydrogen-bond donors (Lipinski definition) is 2. The third kappa shape index (κ3) is 4.00.